The normalized spacial score (nSPS) is 19.6. The number of halogens is 3. The van der Waals surface area contributed by atoms with Crippen LogP contribution in [-0.4, -0.2) is 17.8 Å². The highest BCUT2D eigenvalue weighted by Crippen LogP contribution is 2.50. The van der Waals surface area contributed by atoms with E-state index in [1.807, 2.05) is 59.6 Å². The maximum absolute atomic E-state index is 6.51. The van der Waals surface area contributed by atoms with Crippen LogP contribution in [0.2, 0.25) is 15.1 Å². The summed E-state index contributed by atoms with van der Waals surface area (Å²) in [5.74, 6) is 1.43. The summed E-state index contributed by atoms with van der Waals surface area (Å²) in [6.07, 6.45) is 0.290. The number of hydrazone groups is 1. The molecule has 0 fully saturated rings. The van der Waals surface area contributed by atoms with Crippen LogP contribution in [-0.2, 0) is 0 Å². The van der Waals surface area contributed by atoms with Gasteiger partial charge >= 0.3 is 0 Å². The molecule has 7 heteroatoms. The summed E-state index contributed by atoms with van der Waals surface area (Å²) in [4.78, 5) is 0. The van der Waals surface area contributed by atoms with E-state index in [-0.39, 0.29) is 6.04 Å². The first-order valence-corrected chi connectivity index (χ1v) is 10.6. The molecule has 0 radical (unpaired) electrons. The second kappa shape index (κ2) is 7.69. The molecule has 2 heterocycles. The Morgan fingerprint density at radius 2 is 1.70 bits per heavy atom. The molecular formula is C23H17Cl3N2O2. The maximum Gasteiger partial charge on any atom is 0.213 e. The van der Waals surface area contributed by atoms with Crippen LogP contribution in [0.15, 0.2) is 65.8 Å². The molecule has 4 nitrogen and oxygen atoms in total. The lowest BCUT2D eigenvalue weighted by Crippen LogP contribution is -2.33. The van der Waals surface area contributed by atoms with Crippen LogP contribution in [0.1, 0.15) is 35.4 Å². The Labute approximate surface area is 189 Å². The first kappa shape index (κ1) is 19.6. The highest BCUT2D eigenvalue weighted by molar-refractivity contribution is 6.35. The number of ether oxygens (including phenoxy) is 2. The first-order chi connectivity index (χ1) is 14.5. The van der Waals surface area contributed by atoms with Gasteiger partial charge in [-0.2, -0.15) is 5.10 Å². The molecule has 0 aliphatic carbocycles. The maximum atomic E-state index is 6.51. The van der Waals surface area contributed by atoms with Crippen LogP contribution in [0, 0.1) is 0 Å². The number of hydrogen-bond acceptors (Lipinski definition) is 4. The fraction of sp³-hybridized carbons (Fsp3) is 0.174. The van der Waals surface area contributed by atoms with Crippen molar-refractivity contribution in [2.45, 2.75) is 18.7 Å². The molecule has 2 aliphatic rings. The van der Waals surface area contributed by atoms with Gasteiger partial charge in [-0.3, -0.25) is 0 Å². The van der Waals surface area contributed by atoms with Crippen LogP contribution in [0.5, 0.6) is 11.5 Å². The van der Waals surface area contributed by atoms with Crippen molar-refractivity contribution in [2.75, 3.05) is 7.11 Å². The number of rotatable bonds is 3. The molecule has 0 N–H and O–H groups in total. The van der Waals surface area contributed by atoms with E-state index in [0.29, 0.717) is 27.2 Å². The third kappa shape index (κ3) is 3.39. The van der Waals surface area contributed by atoms with Crippen molar-refractivity contribution in [2.24, 2.45) is 5.10 Å². The Kier molecular flexibility index (Phi) is 5.02. The quantitative estimate of drug-likeness (QED) is 0.427. The topological polar surface area (TPSA) is 34.1 Å². The summed E-state index contributed by atoms with van der Waals surface area (Å²) in [6, 6.07) is 19.1. The summed E-state index contributed by atoms with van der Waals surface area (Å²) in [6.45, 7) is 0. The van der Waals surface area contributed by atoms with Crippen LogP contribution < -0.4 is 9.47 Å². The molecule has 2 atom stereocenters. The molecule has 0 saturated carbocycles. The Bertz CT molecular complexity index is 1130. The van der Waals surface area contributed by atoms with E-state index in [9.17, 15) is 0 Å². The van der Waals surface area contributed by atoms with E-state index in [2.05, 4.69) is 0 Å². The molecule has 3 aromatic rings. The van der Waals surface area contributed by atoms with Crippen molar-refractivity contribution < 1.29 is 9.47 Å². The average molecular weight is 460 g/mol. The third-order valence-corrected chi connectivity index (χ3v) is 6.14. The molecule has 152 valence electrons. The number of benzene rings is 3. The van der Waals surface area contributed by atoms with E-state index in [1.54, 1.807) is 13.2 Å². The summed E-state index contributed by atoms with van der Waals surface area (Å²) < 4.78 is 11.6. The SMILES string of the molecule is COc1ccc(C2Oc3c(Cl)cc(Cl)cc3C3CC(c4ccc(Cl)cc4)=NN32)cc1. The minimum atomic E-state index is -0.420. The van der Waals surface area contributed by atoms with E-state index in [1.165, 1.54) is 0 Å². The standard InChI is InChI=1S/C23H17Cl3N2O2/c1-29-17-8-4-14(5-9-17)23-28-21(18-10-16(25)11-19(26)22(18)30-23)12-20(27-28)13-2-6-15(24)7-3-13/h2-11,21,23H,12H2,1H3. The monoisotopic (exact) mass is 458 g/mol. The smallest absolute Gasteiger partial charge is 0.213 e. The van der Waals surface area contributed by atoms with Crippen molar-refractivity contribution in [3.63, 3.8) is 0 Å². The molecule has 0 aromatic heterocycles. The fourth-order valence-corrected chi connectivity index (χ4v) is 4.60. The van der Waals surface area contributed by atoms with Gasteiger partial charge in [0.05, 0.1) is 23.9 Å². The minimum absolute atomic E-state index is 0.0391. The molecule has 2 aliphatic heterocycles. The third-order valence-electron chi connectivity index (χ3n) is 5.39. The van der Waals surface area contributed by atoms with Gasteiger partial charge in [-0.15, -0.1) is 0 Å². The number of fused-ring (bicyclic) bond motifs is 3. The summed E-state index contributed by atoms with van der Waals surface area (Å²) in [7, 11) is 1.64. The van der Waals surface area contributed by atoms with Gasteiger partial charge in [-0.05, 0) is 54.1 Å². The number of hydrogen-bond donors (Lipinski definition) is 0. The lowest BCUT2D eigenvalue weighted by atomic mass is 9.96. The second-order valence-electron chi connectivity index (χ2n) is 7.20. The zero-order valence-corrected chi connectivity index (χ0v) is 18.2. The Hall–Kier alpha value is -2.40. The lowest BCUT2D eigenvalue weighted by Gasteiger charge is -2.38. The molecule has 0 bridgehead atoms. The first-order valence-electron chi connectivity index (χ1n) is 9.45. The van der Waals surface area contributed by atoms with Crippen LogP contribution in [0.4, 0.5) is 0 Å². The van der Waals surface area contributed by atoms with Crippen molar-refractivity contribution in [1.82, 2.24) is 5.01 Å². The van der Waals surface area contributed by atoms with Crippen molar-refractivity contribution in [3.05, 3.63) is 92.4 Å². The molecule has 2 unspecified atom stereocenters. The largest absolute Gasteiger partial charge is 0.497 e. The van der Waals surface area contributed by atoms with E-state index < -0.39 is 6.23 Å². The zero-order chi connectivity index (χ0) is 20.8. The zero-order valence-electron chi connectivity index (χ0n) is 16.0. The van der Waals surface area contributed by atoms with Gasteiger partial charge in [-0.1, -0.05) is 46.9 Å². The van der Waals surface area contributed by atoms with Crippen LogP contribution in [0.25, 0.3) is 0 Å². The van der Waals surface area contributed by atoms with Crippen molar-refractivity contribution >= 4 is 40.5 Å². The highest BCUT2D eigenvalue weighted by atomic mass is 35.5. The average Bonchev–Trinajstić information content (AvgIpc) is 3.20. The molecule has 30 heavy (non-hydrogen) atoms. The number of nitrogens with zero attached hydrogens (tertiary/aromatic N) is 2. The van der Waals surface area contributed by atoms with Gasteiger partial charge in [0.15, 0.2) is 0 Å². The summed E-state index contributed by atoms with van der Waals surface area (Å²) in [5.41, 5.74) is 3.88. The summed E-state index contributed by atoms with van der Waals surface area (Å²) >= 11 is 18.9. The molecule has 0 saturated heterocycles. The Balaban J connectivity index is 1.60. The molecule has 3 aromatic carbocycles. The van der Waals surface area contributed by atoms with Gasteiger partial charge in [0, 0.05) is 27.6 Å². The van der Waals surface area contributed by atoms with Crippen LogP contribution >= 0.6 is 34.8 Å². The van der Waals surface area contributed by atoms with E-state index >= 15 is 0 Å². The Morgan fingerprint density at radius 3 is 2.40 bits per heavy atom. The minimum Gasteiger partial charge on any atom is -0.497 e. The van der Waals surface area contributed by atoms with Crippen molar-refractivity contribution in [3.8, 4) is 11.5 Å². The van der Waals surface area contributed by atoms with Gasteiger partial charge in [0.25, 0.3) is 0 Å². The van der Waals surface area contributed by atoms with Gasteiger partial charge in [0.2, 0.25) is 6.23 Å². The predicted molar refractivity (Wildman–Crippen MR) is 120 cm³/mol. The highest BCUT2D eigenvalue weighted by Gasteiger charge is 2.42. The molecule has 5 rings (SSSR count). The molecular weight excluding hydrogens is 443 g/mol. The van der Waals surface area contributed by atoms with Gasteiger partial charge in [-0.25, -0.2) is 5.01 Å². The second-order valence-corrected chi connectivity index (χ2v) is 8.48. The molecule has 0 amide bonds. The van der Waals surface area contributed by atoms with Crippen LogP contribution in [0.3, 0.4) is 0 Å². The molecule has 0 spiro atoms. The lowest BCUT2D eigenvalue weighted by molar-refractivity contribution is -0.0189. The fourth-order valence-electron chi connectivity index (χ4n) is 3.92. The van der Waals surface area contributed by atoms with E-state index in [4.69, 9.17) is 49.4 Å². The Morgan fingerprint density at radius 1 is 0.967 bits per heavy atom. The van der Waals surface area contributed by atoms with Gasteiger partial charge < -0.3 is 9.47 Å². The summed E-state index contributed by atoms with van der Waals surface area (Å²) in [5, 5.41) is 8.68. The van der Waals surface area contributed by atoms with Gasteiger partial charge in [0.1, 0.15) is 11.5 Å². The predicted octanol–water partition coefficient (Wildman–Crippen LogP) is 6.90. The number of methoxy groups -OCH3 is 1. The van der Waals surface area contributed by atoms with Crippen molar-refractivity contribution in [1.29, 1.82) is 0 Å². The van der Waals surface area contributed by atoms with E-state index in [0.717, 1.165) is 28.2 Å².